The van der Waals surface area contributed by atoms with Crippen molar-refractivity contribution in [1.29, 1.82) is 0 Å². The summed E-state index contributed by atoms with van der Waals surface area (Å²) in [6.45, 7) is 4.90. The van der Waals surface area contributed by atoms with Crippen LogP contribution < -0.4 is 5.32 Å². The first kappa shape index (κ1) is 11.4. The van der Waals surface area contributed by atoms with Gasteiger partial charge in [-0.3, -0.25) is 9.59 Å². The van der Waals surface area contributed by atoms with Gasteiger partial charge in [0, 0.05) is 6.61 Å². The van der Waals surface area contributed by atoms with E-state index < -0.39 is 6.04 Å². The topological polar surface area (TPSA) is 58.6 Å². The lowest BCUT2D eigenvalue weighted by atomic mass is 10.0. The number of carbonyl (C=O) groups is 2. The predicted molar refractivity (Wildman–Crippen MR) is 57.8 cm³/mol. The molecule has 2 aliphatic heterocycles. The van der Waals surface area contributed by atoms with Gasteiger partial charge in [-0.15, -0.1) is 0 Å². The summed E-state index contributed by atoms with van der Waals surface area (Å²) in [5.41, 5.74) is 0. The van der Waals surface area contributed by atoms with Crippen molar-refractivity contribution >= 4 is 11.8 Å². The molecule has 0 radical (unpaired) electrons. The molecule has 2 amide bonds. The first-order valence-electron chi connectivity index (χ1n) is 5.85. The van der Waals surface area contributed by atoms with E-state index in [-0.39, 0.29) is 23.9 Å². The molecule has 5 nitrogen and oxygen atoms in total. The zero-order valence-corrected chi connectivity index (χ0v) is 9.73. The third-order valence-electron chi connectivity index (χ3n) is 3.31. The van der Waals surface area contributed by atoms with Crippen LogP contribution in [0.5, 0.6) is 0 Å². The van der Waals surface area contributed by atoms with Gasteiger partial charge < -0.3 is 15.0 Å². The largest absolute Gasteiger partial charge is 0.379 e. The zero-order chi connectivity index (χ0) is 11.7. The number of piperazine rings is 1. The summed E-state index contributed by atoms with van der Waals surface area (Å²) in [5, 5.41) is 2.71. The van der Waals surface area contributed by atoms with Crippen LogP contribution in [0.15, 0.2) is 0 Å². The van der Waals surface area contributed by atoms with Crippen LogP contribution in [0, 0.1) is 0 Å². The second-order valence-corrected chi connectivity index (χ2v) is 4.42. The number of hydrogen-bond acceptors (Lipinski definition) is 3. The molecule has 90 valence electrons. The fourth-order valence-corrected chi connectivity index (χ4v) is 2.43. The number of amides is 2. The van der Waals surface area contributed by atoms with Crippen molar-refractivity contribution in [1.82, 2.24) is 10.2 Å². The van der Waals surface area contributed by atoms with E-state index in [1.165, 1.54) is 0 Å². The third kappa shape index (κ3) is 1.80. The Bertz CT molecular complexity index is 300. The molecule has 0 aliphatic carbocycles. The molecular weight excluding hydrogens is 208 g/mol. The summed E-state index contributed by atoms with van der Waals surface area (Å²) in [5.74, 6) is -0.0246. The molecule has 2 heterocycles. The summed E-state index contributed by atoms with van der Waals surface area (Å²) in [6, 6.07) is -0.655. The molecule has 2 rings (SSSR count). The van der Waals surface area contributed by atoms with Gasteiger partial charge >= 0.3 is 0 Å². The molecule has 0 aromatic carbocycles. The van der Waals surface area contributed by atoms with Gasteiger partial charge in [-0.1, -0.05) is 6.92 Å². The Morgan fingerprint density at radius 3 is 2.81 bits per heavy atom. The number of nitrogens with one attached hydrogen (secondary N) is 1. The minimum atomic E-state index is -0.407. The molecule has 2 fully saturated rings. The van der Waals surface area contributed by atoms with Gasteiger partial charge in [-0.2, -0.15) is 0 Å². The van der Waals surface area contributed by atoms with E-state index in [1.54, 1.807) is 11.8 Å². The molecule has 3 unspecified atom stereocenters. The van der Waals surface area contributed by atoms with Crippen LogP contribution in [0.4, 0.5) is 0 Å². The molecule has 1 N–H and O–H groups in total. The Kier molecular flexibility index (Phi) is 3.14. The molecule has 0 aromatic rings. The van der Waals surface area contributed by atoms with Gasteiger partial charge in [-0.25, -0.2) is 0 Å². The maximum Gasteiger partial charge on any atom is 0.245 e. The van der Waals surface area contributed by atoms with Crippen molar-refractivity contribution in [2.24, 2.45) is 0 Å². The van der Waals surface area contributed by atoms with Crippen LogP contribution in [0.2, 0.25) is 0 Å². The van der Waals surface area contributed by atoms with Crippen LogP contribution in [-0.4, -0.2) is 48.1 Å². The smallest absolute Gasteiger partial charge is 0.245 e. The van der Waals surface area contributed by atoms with Gasteiger partial charge in [-0.05, 0) is 19.8 Å². The molecule has 0 saturated carbocycles. The highest BCUT2D eigenvalue weighted by atomic mass is 16.5. The average molecular weight is 226 g/mol. The van der Waals surface area contributed by atoms with E-state index in [9.17, 15) is 9.59 Å². The molecule has 16 heavy (non-hydrogen) atoms. The highest BCUT2D eigenvalue weighted by Gasteiger charge is 2.42. The molecule has 0 spiro atoms. The highest BCUT2D eigenvalue weighted by molar-refractivity contribution is 5.96. The van der Waals surface area contributed by atoms with Gasteiger partial charge in [0.15, 0.2) is 0 Å². The lowest BCUT2D eigenvalue weighted by molar-refractivity contribution is -0.151. The molecule has 0 aromatic heterocycles. The number of rotatable bonds is 2. The van der Waals surface area contributed by atoms with Crippen LogP contribution in [0.1, 0.15) is 26.7 Å². The van der Waals surface area contributed by atoms with Crippen molar-refractivity contribution in [2.45, 2.75) is 44.8 Å². The first-order chi connectivity index (χ1) is 7.65. The van der Waals surface area contributed by atoms with E-state index in [4.69, 9.17) is 4.74 Å². The van der Waals surface area contributed by atoms with Crippen LogP contribution in [0.25, 0.3) is 0 Å². The number of nitrogens with zero attached hydrogens (tertiary/aromatic N) is 1. The van der Waals surface area contributed by atoms with Crippen molar-refractivity contribution in [3.8, 4) is 0 Å². The fourth-order valence-electron chi connectivity index (χ4n) is 2.43. The van der Waals surface area contributed by atoms with E-state index in [2.05, 4.69) is 5.32 Å². The van der Waals surface area contributed by atoms with Crippen molar-refractivity contribution in [3.63, 3.8) is 0 Å². The van der Waals surface area contributed by atoms with Crippen molar-refractivity contribution < 1.29 is 14.3 Å². The quantitative estimate of drug-likeness (QED) is 0.715. The van der Waals surface area contributed by atoms with Crippen molar-refractivity contribution in [3.05, 3.63) is 0 Å². The van der Waals surface area contributed by atoms with E-state index >= 15 is 0 Å². The Balaban J connectivity index is 2.21. The van der Waals surface area contributed by atoms with Gasteiger partial charge in [0.1, 0.15) is 12.1 Å². The summed E-state index contributed by atoms with van der Waals surface area (Å²) < 4.78 is 5.30. The summed E-state index contributed by atoms with van der Waals surface area (Å²) in [6.07, 6.45) is 1.49. The lowest BCUT2D eigenvalue weighted by Crippen LogP contribution is -2.64. The predicted octanol–water partition coefficient (Wildman–Crippen LogP) is -0.0992. The molecule has 5 heteroatoms. The summed E-state index contributed by atoms with van der Waals surface area (Å²) in [4.78, 5) is 25.6. The Labute approximate surface area is 95.1 Å². The molecule has 0 bridgehead atoms. The fraction of sp³-hybridized carbons (Fsp3) is 0.818. The Morgan fingerprint density at radius 2 is 2.25 bits per heavy atom. The number of carbonyl (C=O) groups excluding carboxylic acids is 2. The number of ether oxygens (including phenoxy) is 1. The monoisotopic (exact) mass is 226 g/mol. The van der Waals surface area contributed by atoms with Crippen LogP contribution in [-0.2, 0) is 14.3 Å². The second kappa shape index (κ2) is 4.41. The van der Waals surface area contributed by atoms with Gasteiger partial charge in [0.05, 0.1) is 12.6 Å². The summed E-state index contributed by atoms with van der Waals surface area (Å²) >= 11 is 0. The Morgan fingerprint density at radius 1 is 1.50 bits per heavy atom. The SMILES string of the molecule is CCC1C(=O)NC(C)C(=O)N1C1CCOC1. The summed E-state index contributed by atoms with van der Waals surface area (Å²) in [7, 11) is 0. The third-order valence-corrected chi connectivity index (χ3v) is 3.31. The van der Waals surface area contributed by atoms with E-state index in [0.717, 1.165) is 6.42 Å². The number of hydrogen-bond donors (Lipinski definition) is 1. The standard InChI is InChI=1S/C11H18N2O3/c1-3-9-10(14)12-7(2)11(15)13(9)8-4-5-16-6-8/h7-9H,3-6H2,1-2H3,(H,12,14). The molecular formula is C11H18N2O3. The van der Waals surface area contributed by atoms with Crippen molar-refractivity contribution in [2.75, 3.05) is 13.2 Å². The molecule has 2 saturated heterocycles. The van der Waals surface area contributed by atoms with E-state index in [1.807, 2.05) is 6.92 Å². The maximum atomic E-state index is 12.1. The Hall–Kier alpha value is -1.10. The maximum absolute atomic E-state index is 12.1. The molecule has 2 aliphatic rings. The minimum Gasteiger partial charge on any atom is -0.379 e. The second-order valence-electron chi connectivity index (χ2n) is 4.42. The van der Waals surface area contributed by atoms with Crippen LogP contribution in [0.3, 0.4) is 0 Å². The minimum absolute atomic E-state index is 0.0157. The first-order valence-corrected chi connectivity index (χ1v) is 5.85. The van der Waals surface area contributed by atoms with Gasteiger partial charge in [0.25, 0.3) is 0 Å². The van der Waals surface area contributed by atoms with Gasteiger partial charge in [0.2, 0.25) is 11.8 Å². The lowest BCUT2D eigenvalue weighted by Gasteiger charge is -2.40. The normalized spacial score (nSPS) is 35.4. The zero-order valence-electron chi connectivity index (χ0n) is 9.73. The average Bonchev–Trinajstić information content (AvgIpc) is 2.76. The van der Waals surface area contributed by atoms with E-state index in [0.29, 0.717) is 19.6 Å². The highest BCUT2D eigenvalue weighted by Crippen LogP contribution is 2.21. The van der Waals surface area contributed by atoms with Crippen LogP contribution >= 0.6 is 0 Å². The molecule has 3 atom stereocenters.